The van der Waals surface area contributed by atoms with Crippen LogP contribution in [0, 0.1) is 0 Å². The van der Waals surface area contributed by atoms with Gasteiger partial charge >= 0.3 is 0 Å². The Morgan fingerprint density at radius 1 is 0.929 bits per heavy atom. The standard InChI is InChI=1S/C7H14O7/c8-1-3(10)5(12)7(14)6(13)4(11)2-9/h1,3-7,9-14H,2H2/t3-,4+,5-,6-,7-/m0/s1. The first-order chi connectivity index (χ1) is 6.45. The lowest BCUT2D eigenvalue weighted by Gasteiger charge is -2.26. The highest BCUT2D eigenvalue weighted by Gasteiger charge is 2.33. The molecule has 84 valence electrons. The second kappa shape index (κ2) is 6.02. The summed E-state index contributed by atoms with van der Waals surface area (Å²) in [5.74, 6) is 0. The molecular formula is C7H14O7. The second-order valence-corrected chi connectivity index (χ2v) is 2.85. The first-order valence-electron chi connectivity index (χ1n) is 3.92. The van der Waals surface area contributed by atoms with Crippen LogP contribution in [0.4, 0.5) is 0 Å². The molecule has 6 N–H and O–H groups in total. The fourth-order valence-electron chi connectivity index (χ4n) is 0.820. The van der Waals surface area contributed by atoms with Gasteiger partial charge in [-0.1, -0.05) is 0 Å². The Balaban J connectivity index is 4.29. The molecular weight excluding hydrogens is 196 g/mol. The van der Waals surface area contributed by atoms with Gasteiger partial charge in [0.05, 0.1) is 6.61 Å². The van der Waals surface area contributed by atoms with Crippen molar-refractivity contribution in [3.63, 3.8) is 0 Å². The summed E-state index contributed by atoms with van der Waals surface area (Å²) >= 11 is 0. The number of hydrogen-bond donors (Lipinski definition) is 6. The minimum absolute atomic E-state index is 0.0219. The third-order valence-corrected chi connectivity index (χ3v) is 1.77. The van der Waals surface area contributed by atoms with Gasteiger partial charge in [0.2, 0.25) is 0 Å². The van der Waals surface area contributed by atoms with E-state index in [1.165, 1.54) is 0 Å². The van der Waals surface area contributed by atoms with Gasteiger partial charge in [-0.2, -0.15) is 0 Å². The predicted molar refractivity (Wildman–Crippen MR) is 43.2 cm³/mol. The zero-order valence-electron chi connectivity index (χ0n) is 7.26. The van der Waals surface area contributed by atoms with Crippen molar-refractivity contribution in [1.82, 2.24) is 0 Å². The van der Waals surface area contributed by atoms with Crippen molar-refractivity contribution < 1.29 is 35.4 Å². The van der Waals surface area contributed by atoms with E-state index in [4.69, 9.17) is 30.6 Å². The lowest BCUT2D eigenvalue weighted by molar-refractivity contribution is -0.147. The van der Waals surface area contributed by atoms with Crippen LogP contribution >= 0.6 is 0 Å². The van der Waals surface area contributed by atoms with Crippen molar-refractivity contribution in [2.24, 2.45) is 0 Å². The van der Waals surface area contributed by atoms with Gasteiger partial charge in [0, 0.05) is 0 Å². The maximum Gasteiger partial charge on any atom is 0.151 e. The zero-order valence-corrected chi connectivity index (χ0v) is 7.26. The van der Waals surface area contributed by atoms with Crippen LogP contribution in [-0.4, -0.2) is 74.1 Å². The summed E-state index contributed by atoms with van der Waals surface area (Å²) in [6.45, 7) is -0.817. The number of carbonyl (C=O) groups is 1. The molecule has 7 heteroatoms. The lowest BCUT2D eigenvalue weighted by atomic mass is 10.0. The molecule has 0 aliphatic rings. The van der Waals surface area contributed by atoms with Crippen LogP contribution in [0.25, 0.3) is 0 Å². The topological polar surface area (TPSA) is 138 Å². The molecule has 0 heterocycles. The summed E-state index contributed by atoms with van der Waals surface area (Å²) < 4.78 is 0. The van der Waals surface area contributed by atoms with Crippen molar-refractivity contribution in [3.8, 4) is 0 Å². The average molecular weight is 210 g/mol. The Kier molecular flexibility index (Phi) is 5.77. The van der Waals surface area contributed by atoms with E-state index >= 15 is 0 Å². The molecule has 14 heavy (non-hydrogen) atoms. The van der Waals surface area contributed by atoms with Crippen LogP contribution < -0.4 is 0 Å². The molecule has 0 aromatic heterocycles. The van der Waals surface area contributed by atoms with Crippen LogP contribution in [0.15, 0.2) is 0 Å². The van der Waals surface area contributed by atoms with Crippen LogP contribution in [0.3, 0.4) is 0 Å². The number of carbonyl (C=O) groups excluding carboxylic acids is 1. The van der Waals surface area contributed by atoms with Crippen LogP contribution in [0.2, 0.25) is 0 Å². The van der Waals surface area contributed by atoms with Crippen molar-refractivity contribution in [2.75, 3.05) is 6.61 Å². The Morgan fingerprint density at radius 2 is 1.43 bits per heavy atom. The second-order valence-electron chi connectivity index (χ2n) is 2.85. The maximum absolute atomic E-state index is 10.00. The third kappa shape index (κ3) is 3.29. The van der Waals surface area contributed by atoms with Gasteiger partial charge in [-0.15, -0.1) is 0 Å². The average Bonchev–Trinajstić information content (AvgIpc) is 2.23. The minimum atomic E-state index is -1.92. The highest BCUT2D eigenvalue weighted by atomic mass is 16.4. The molecule has 0 rings (SSSR count). The van der Waals surface area contributed by atoms with Gasteiger partial charge < -0.3 is 35.4 Å². The summed E-state index contributed by atoms with van der Waals surface area (Å²) in [4.78, 5) is 10.00. The highest BCUT2D eigenvalue weighted by molar-refractivity contribution is 5.56. The Labute approximate surface area is 79.9 Å². The van der Waals surface area contributed by atoms with Gasteiger partial charge in [0.25, 0.3) is 0 Å². The molecule has 0 fully saturated rings. The summed E-state index contributed by atoms with van der Waals surface area (Å²) in [5, 5.41) is 53.2. The van der Waals surface area contributed by atoms with Gasteiger partial charge in [0.15, 0.2) is 6.29 Å². The predicted octanol–water partition coefficient (Wildman–Crippen LogP) is -4.02. The monoisotopic (exact) mass is 210 g/mol. The summed E-state index contributed by atoms with van der Waals surface area (Å²) in [5.41, 5.74) is 0. The van der Waals surface area contributed by atoms with E-state index in [1.54, 1.807) is 0 Å². The molecule has 0 radical (unpaired) electrons. The number of aldehydes is 1. The molecule has 0 unspecified atom stereocenters. The van der Waals surface area contributed by atoms with Gasteiger partial charge in [-0.05, 0) is 0 Å². The van der Waals surface area contributed by atoms with Gasteiger partial charge in [0.1, 0.15) is 30.5 Å². The van der Waals surface area contributed by atoms with E-state index in [9.17, 15) is 4.79 Å². The van der Waals surface area contributed by atoms with Crippen LogP contribution in [0.1, 0.15) is 0 Å². The van der Waals surface area contributed by atoms with Crippen LogP contribution in [0.5, 0.6) is 0 Å². The van der Waals surface area contributed by atoms with Gasteiger partial charge in [-0.25, -0.2) is 0 Å². The summed E-state index contributed by atoms with van der Waals surface area (Å²) in [6, 6.07) is 0. The maximum atomic E-state index is 10.00. The van der Waals surface area contributed by atoms with Crippen LogP contribution in [-0.2, 0) is 4.79 Å². The van der Waals surface area contributed by atoms with Crippen molar-refractivity contribution in [3.05, 3.63) is 0 Å². The minimum Gasteiger partial charge on any atom is -0.394 e. The Hall–Kier alpha value is -0.570. The number of aliphatic hydroxyl groups excluding tert-OH is 6. The molecule has 7 nitrogen and oxygen atoms in total. The molecule has 5 atom stereocenters. The quantitative estimate of drug-likeness (QED) is 0.245. The molecule has 0 aliphatic heterocycles. The van der Waals surface area contributed by atoms with E-state index in [0.717, 1.165) is 0 Å². The number of aliphatic hydroxyl groups is 6. The Morgan fingerprint density at radius 3 is 1.79 bits per heavy atom. The van der Waals surface area contributed by atoms with E-state index in [0.29, 0.717) is 0 Å². The van der Waals surface area contributed by atoms with E-state index in [-0.39, 0.29) is 6.29 Å². The molecule has 0 saturated carbocycles. The SMILES string of the molecule is O=C[C@H](O)[C@H](O)[C@H](O)[C@@H](O)[C@H](O)CO. The Bertz CT molecular complexity index is 173. The van der Waals surface area contributed by atoms with Crippen molar-refractivity contribution in [2.45, 2.75) is 30.5 Å². The first-order valence-corrected chi connectivity index (χ1v) is 3.92. The molecule has 0 bridgehead atoms. The largest absolute Gasteiger partial charge is 0.394 e. The molecule has 0 amide bonds. The number of hydrogen-bond acceptors (Lipinski definition) is 7. The molecule has 0 aromatic rings. The van der Waals surface area contributed by atoms with Crippen molar-refractivity contribution >= 4 is 6.29 Å². The van der Waals surface area contributed by atoms with E-state index in [2.05, 4.69) is 0 Å². The highest BCUT2D eigenvalue weighted by Crippen LogP contribution is 2.07. The fourth-order valence-corrected chi connectivity index (χ4v) is 0.820. The molecule has 0 aromatic carbocycles. The fraction of sp³-hybridized carbons (Fsp3) is 0.857. The van der Waals surface area contributed by atoms with Crippen molar-refractivity contribution in [1.29, 1.82) is 0 Å². The van der Waals surface area contributed by atoms with E-state index in [1.807, 2.05) is 0 Å². The third-order valence-electron chi connectivity index (χ3n) is 1.77. The first kappa shape index (κ1) is 13.4. The molecule has 0 saturated heterocycles. The number of rotatable bonds is 6. The zero-order chi connectivity index (χ0) is 11.3. The summed E-state index contributed by atoms with van der Waals surface area (Å²) in [6.07, 6.45) is -9.21. The smallest absolute Gasteiger partial charge is 0.151 e. The normalized spacial score (nSPS) is 22.1. The summed E-state index contributed by atoms with van der Waals surface area (Å²) in [7, 11) is 0. The molecule has 0 spiro atoms. The van der Waals surface area contributed by atoms with E-state index < -0.39 is 37.1 Å². The lowest BCUT2D eigenvalue weighted by Crippen LogP contribution is -2.50. The van der Waals surface area contributed by atoms with Gasteiger partial charge in [-0.3, -0.25) is 0 Å². The molecule has 0 aliphatic carbocycles.